The highest BCUT2D eigenvalue weighted by Crippen LogP contribution is 2.02. The van der Waals surface area contributed by atoms with Crippen molar-refractivity contribution in [3.05, 3.63) is 35.4 Å². The van der Waals surface area contributed by atoms with Gasteiger partial charge in [-0.1, -0.05) is 12.1 Å². The van der Waals surface area contributed by atoms with Crippen molar-refractivity contribution in [1.29, 1.82) is 0 Å². The van der Waals surface area contributed by atoms with Crippen LogP contribution in [0.3, 0.4) is 0 Å². The van der Waals surface area contributed by atoms with Crippen LogP contribution < -0.4 is 0 Å². The van der Waals surface area contributed by atoms with Crippen LogP contribution >= 0.6 is 12.4 Å². The van der Waals surface area contributed by atoms with Gasteiger partial charge < -0.3 is 10.1 Å². The highest BCUT2D eigenvalue weighted by atomic mass is 35.5. The largest absolute Gasteiger partial charge is 0.478 e. The Kier molecular flexibility index (Phi) is 5.41. The lowest BCUT2D eigenvalue weighted by atomic mass is 10.1. The molecule has 4 nitrogen and oxygen atoms in total. The fraction of sp³-hybridized carbons (Fsp3) is 0.200. The molecule has 1 aromatic carbocycles. The first kappa shape index (κ1) is 13.4. The molecule has 0 aliphatic heterocycles. The quantitative estimate of drug-likeness (QED) is 0.633. The van der Waals surface area contributed by atoms with Crippen molar-refractivity contribution >= 4 is 24.6 Å². The second-order valence-electron chi connectivity index (χ2n) is 3.02. The third kappa shape index (κ3) is 4.46. The summed E-state index contributed by atoms with van der Waals surface area (Å²) in [4.78, 5) is 10.5. The summed E-state index contributed by atoms with van der Waals surface area (Å²) in [6, 6.07) is 6.55. The van der Waals surface area contributed by atoms with E-state index in [1.165, 1.54) is 0 Å². The summed E-state index contributed by atoms with van der Waals surface area (Å²) in [5.41, 5.74) is 1.16. The Morgan fingerprint density at radius 2 is 1.87 bits per heavy atom. The summed E-state index contributed by atoms with van der Waals surface area (Å²) in [7, 11) is 3.64. The maximum absolute atomic E-state index is 10.5. The lowest BCUT2D eigenvalue weighted by Crippen LogP contribution is -2.02. The normalized spacial score (nSPS) is 9.73. The summed E-state index contributed by atoms with van der Waals surface area (Å²) < 4.78 is 0. The number of hydrogen-bond donors (Lipinski definition) is 1. The number of carbonyl (C=O) groups is 1. The van der Waals surface area contributed by atoms with Crippen molar-refractivity contribution in [2.24, 2.45) is 5.10 Å². The van der Waals surface area contributed by atoms with Gasteiger partial charge in [0.15, 0.2) is 0 Å². The van der Waals surface area contributed by atoms with Gasteiger partial charge in [0.05, 0.1) is 11.8 Å². The molecular weight excluding hydrogens is 216 g/mol. The van der Waals surface area contributed by atoms with E-state index in [2.05, 4.69) is 5.10 Å². The van der Waals surface area contributed by atoms with Crippen LogP contribution in [0.2, 0.25) is 0 Å². The molecule has 0 aromatic heterocycles. The van der Waals surface area contributed by atoms with Crippen molar-refractivity contribution in [2.45, 2.75) is 0 Å². The lowest BCUT2D eigenvalue weighted by molar-refractivity contribution is 0.0697. The van der Waals surface area contributed by atoms with E-state index in [0.29, 0.717) is 0 Å². The number of benzene rings is 1. The van der Waals surface area contributed by atoms with Crippen molar-refractivity contribution in [3.8, 4) is 0 Å². The molecule has 0 heterocycles. The highest BCUT2D eigenvalue weighted by molar-refractivity contribution is 5.89. The molecule has 0 saturated heterocycles. The van der Waals surface area contributed by atoms with Crippen molar-refractivity contribution < 1.29 is 9.90 Å². The third-order valence-electron chi connectivity index (χ3n) is 1.60. The molecule has 82 valence electrons. The average Bonchev–Trinajstić information content (AvgIpc) is 2.15. The molecule has 0 fully saturated rings. The topological polar surface area (TPSA) is 52.9 Å². The molecule has 0 radical (unpaired) electrons. The van der Waals surface area contributed by atoms with Crippen molar-refractivity contribution in [2.75, 3.05) is 14.1 Å². The van der Waals surface area contributed by atoms with E-state index < -0.39 is 5.97 Å². The number of hydrazone groups is 1. The van der Waals surface area contributed by atoms with E-state index in [1.807, 2.05) is 14.1 Å². The van der Waals surface area contributed by atoms with E-state index in [4.69, 9.17) is 5.11 Å². The molecule has 0 unspecified atom stereocenters. The molecule has 5 heteroatoms. The maximum atomic E-state index is 10.5. The van der Waals surface area contributed by atoms with Crippen LogP contribution in [0, 0.1) is 0 Å². The van der Waals surface area contributed by atoms with Crippen LogP contribution in [0.5, 0.6) is 0 Å². The van der Waals surface area contributed by atoms with Crippen molar-refractivity contribution in [3.63, 3.8) is 0 Å². The van der Waals surface area contributed by atoms with Gasteiger partial charge in [0.25, 0.3) is 0 Å². The highest BCUT2D eigenvalue weighted by Gasteiger charge is 1.99. The van der Waals surface area contributed by atoms with Gasteiger partial charge in [-0.2, -0.15) is 5.10 Å². The van der Waals surface area contributed by atoms with Crippen LogP contribution in [-0.2, 0) is 0 Å². The molecular formula is C10H13ClN2O2. The first-order valence-electron chi connectivity index (χ1n) is 4.14. The van der Waals surface area contributed by atoms with E-state index in [9.17, 15) is 4.79 Å². The van der Waals surface area contributed by atoms with E-state index >= 15 is 0 Å². The second kappa shape index (κ2) is 6.03. The fourth-order valence-corrected chi connectivity index (χ4v) is 0.894. The summed E-state index contributed by atoms with van der Waals surface area (Å²) in [5.74, 6) is -0.916. The molecule has 0 bridgehead atoms. The summed E-state index contributed by atoms with van der Waals surface area (Å²) in [5, 5.41) is 14.4. The summed E-state index contributed by atoms with van der Waals surface area (Å²) >= 11 is 0. The third-order valence-corrected chi connectivity index (χ3v) is 1.60. The Morgan fingerprint density at radius 3 is 2.27 bits per heavy atom. The minimum absolute atomic E-state index is 0. The predicted octanol–water partition coefficient (Wildman–Crippen LogP) is 1.70. The molecule has 0 spiro atoms. The molecule has 1 aromatic rings. The lowest BCUT2D eigenvalue weighted by Gasteiger charge is -2.02. The van der Waals surface area contributed by atoms with Gasteiger partial charge in [0.1, 0.15) is 0 Å². The van der Waals surface area contributed by atoms with Crippen LogP contribution in [0.25, 0.3) is 0 Å². The second-order valence-corrected chi connectivity index (χ2v) is 3.02. The predicted molar refractivity (Wildman–Crippen MR) is 61.9 cm³/mol. The van der Waals surface area contributed by atoms with Gasteiger partial charge in [-0.05, 0) is 17.7 Å². The SMILES string of the molecule is CN(C)/N=C\c1ccc(C(=O)O)cc1.Cl. The molecule has 0 saturated carbocycles. The standard InChI is InChI=1S/C10H12N2O2.ClH/c1-12(2)11-7-8-3-5-9(6-4-8)10(13)14;/h3-7H,1-2H3,(H,13,14);1H/b11-7-;. The Hall–Kier alpha value is -1.55. The van der Waals surface area contributed by atoms with Gasteiger partial charge in [0.2, 0.25) is 0 Å². The fourth-order valence-electron chi connectivity index (χ4n) is 0.894. The zero-order valence-electron chi connectivity index (χ0n) is 8.54. The number of carboxylic acid groups (broad SMARTS) is 1. The first-order valence-corrected chi connectivity index (χ1v) is 4.14. The number of aromatic carboxylic acids is 1. The monoisotopic (exact) mass is 228 g/mol. The zero-order chi connectivity index (χ0) is 10.6. The zero-order valence-corrected chi connectivity index (χ0v) is 9.36. The smallest absolute Gasteiger partial charge is 0.335 e. The van der Waals surface area contributed by atoms with Gasteiger partial charge in [0, 0.05) is 14.1 Å². The maximum Gasteiger partial charge on any atom is 0.335 e. The number of nitrogens with zero attached hydrogens (tertiary/aromatic N) is 2. The molecule has 0 aliphatic rings. The number of halogens is 1. The first-order chi connectivity index (χ1) is 6.59. The van der Waals surface area contributed by atoms with Crippen LogP contribution in [-0.4, -0.2) is 36.4 Å². The van der Waals surface area contributed by atoms with Gasteiger partial charge in [-0.3, -0.25) is 0 Å². The van der Waals surface area contributed by atoms with E-state index in [-0.39, 0.29) is 18.0 Å². The van der Waals surface area contributed by atoms with Gasteiger partial charge in [-0.15, -0.1) is 12.4 Å². The van der Waals surface area contributed by atoms with Crippen molar-refractivity contribution in [1.82, 2.24) is 5.01 Å². The molecule has 0 aliphatic carbocycles. The molecule has 0 atom stereocenters. The molecule has 0 amide bonds. The minimum Gasteiger partial charge on any atom is -0.478 e. The van der Waals surface area contributed by atoms with Gasteiger partial charge >= 0.3 is 5.97 Å². The van der Waals surface area contributed by atoms with Gasteiger partial charge in [-0.25, -0.2) is 4.79 Å². The Morgan fingerprint density at radius 1 is 1.33 bits per heavy atom. The molecule has 15 heavy (non-hydrogen) atoms. The van der Waals surface area contributed by atoms with Crippen LogP contribution in [0.4, 0.5) is 0 Å². The number of hydrogen-bond acceptors (Lipinski definition) is 3. The Bertz CT molecular complexity index is 347. The summed E-state index contributed by atoms with van der Waals surface area (Å²) in [6.45, 7) is 0. The molecule has 1 rings (SSSR count). The minimum atomic E-state index is -0.916. The van der Waals surface area contributed by atoms with E-state index in [0.717, 1.165) is 5.56 Å². The average molecular weight is 229 g/mol. The number of carboxylic acids is 1. The molecule has 1 N–H and O–H groups in total. The number of rotatable bonds is 3. The van der Waals surface area contributed by atoms with Crippen LogP contribution in [0.1, 0.15) is 15.9 Å². The van der Waals surface area contributed by atoms with Crippen LogP contribution in [0.15, 0.2) is 29.4 Å². The Labute approximate surface area is 94.6 Å². The Balaban J connectivity index is 0.00000196. The van der Waals surface area contributed by atoms with E-state index in [1.54, 1.807) is 35.5 Å². The summed E-state index contributed by atoms with van der Waals surface area (Å²) in [6.07, 6.45) is 1.67.